The van der Waals surface area contributed by atoms with Crippen LogP contribution in [0.2, 0.25) is 0 Å². The Morgan fingerprint density at radius 1 is 1.21 bits per heavy atom. The maximum absolute atomic E-state index is 12.9. The Labute approximate surface area is 109 Å². The molecule has 0 saturated carbocycles. The van der Waals surface area contributed by atoms with Crippen LogP contribution in [0.3, 0.4) is 0 Å². The van der Waals surface area contributed by atoms with E-state index in [0.29, 0.717) is 0 Å². The molecule has 1 amide bonds. The van der Waals surface area contributed by atoms with E-state index in [-0.39, 0.29) is 11.4 Å². The standard InChI is InChI=1S/C13H16F3NO2/c1-12(2,3)11(18)17-10-6-5-8(19-4)7-9(10)13(14,15)16/h5-7H,1-4H3,(H,17,18). The highest BCUT2D eigenvalue weighted by molar-refractivity contribution is 5.95. The van der Waals surface area contributed by atoms with Crippen molar-refractivity contribution in [1.29, 1.82) is 0 Å². The van der Waals surface area contributed by atoms with E-state index in [4.69, 9.17) is 4.74 Å². The van der Waals surface area contributed by atoms with E-state index in [0.717, 1.165) is 6.07 Å². The fourth-order valence-corrected chi connectivity index (χ4v) is 1.30. The van der Waals surface area contributed by atoms with Crippen molar-refractivity contribution in [3.05, 3.63) is 23.8 Å². The molecular formula is C13H16F3NO2. The number of anilines is 1. The minimum absolute atomic E-state index is 0.0843. The first-order chi connectivity index (χ1) is 8.55. The maximum Gasteiger partial charge on any atom is 0.418 e. The van der Waals surface area contributed by atoms with Gasteiger partial charge in [0.1, 0.15) is 5.75 Å². The summed E-state index contributed by atoms with van der Waals surface area (Å²) in [6.07, 6.45) is -4.56. The molecule has 0 heterocycles. The Morgan fingerprint density at radius 3 is 2.21 bits per heavy atom. The normalized spacial score (nSPS) is 12.2. The number of ether oxygens (including phenoxy) is 1. The number of rotatable bonds is 2. The summed E-state index contributed by atoms with van der Waals surface area (Å²) in [5.41, 5.74) is -1.97. The van der Waals surface area contributed by atoms with Crippen LogP contribution in [-0.4, -0.2) is 13.0 Å². The Bertz CT molecular complexity index is 476. The molecule has 0 aliphatic rings. The highest BCUT2D eigenvalue weighted by atomic mass is 19.4. The lowest BCUT2D eigenvalue weighted by atomic mass is 9.95. The summed E-state index contributed by atoms with van der Waals surface area (Å²) in [7, 11) is 1.28. The van der Waals surface area contributed by atoms with Crippen molar-refractivity contribution in [2.24, 2.45) is 5.41 Å². The molecule has 1 N–H and O–H groups in total. The van der Waals surface area contributed by atoms with E-state index in [1.54, 1.807) is 20.8 Å². The van der Waals surface area contributed by atoms with Crippen LogP contribution in [0.15, 0.2) is 18.2 Å². The van der Waals surface area contributed by atoms with Gasteiger partial charge < -0.3 is 10.1 Å². The molecule has 106 valence electrons. The van der Waals surface area contributed by atoms with Crippen molar-refractivity contribution < 1.29 is 22.7 Å². The van der Waals surface area contributed by atoms with Crippen LogP contribution in [0.4, 0.5) is 18.9 Å². The summed E-state index contributed by atoms with van der Waals surface area (Å²) in [5, 5.41) is 2.29. The highest BCUT2D eigenvalue weighted by Crippen LogP contribution is 2.37. The molecule has 0 spiro atoms. The second-order valence-corrected chi connectivity index (χ2v) is 5.11. The van der Waals surface area contributed by atoms with Gasteiger partial charge in [-0.3, -0.25) is 4.79 Å². The van der Waals surface area contributed by atoms with E-state index in [2.05, 4.69) is 5.32 Å². The predicted octanol–water partition coefficient (Wildman–Crippen LogP) is 3.70. The molecule has 3 nitrogen and oxygen atoms in total. The first-order valence-electron chi connectivity index (χ1n) is 5.62. The lowest BCUT2D eigenvalue weighted by molar-refractivity contribution is -0.137. The van der Waals surface area contributed by atoms with Gasteiger partial charge >= 0.3 is 6.18 Å². The molecule has 0 saturated heterocycles. The molecule has 1 aromatic carbocycles. The number of hydrogen-bond acceptors (Lipinski definition) is 2. The van der Waals surface area contributed by atoms with Crippen molar-refractivity contribution >= 4 is 11.6 Å². The zero-order chi connectivity index (χ0) is 14.8. The summed E-state index contributed by atoms with van der Waals surface area (Å²) in [5.74, 6) is -0.399. The molecule has 6 heteroatoms. The number of carbonyl (C=O) groups excluding carboxylic acids is 1. The van der Waals surface area contributed by atoms with Crippen LogP contribution in [0.25, 0.3) is 0 Å². The summed E-state index contributed by atoms with van der Waals surface area (Å²) in [6, 6.07) is 3.41. The Morgan fingerprint density at radius 2 is 1.79 bits per heavy atom. The summed E-state index contributed by atoms with van der Waals surface area (Å²) in [6.45, 7) is 4.87. The zero-order valence-electron chi connectivity index (χ0n) is 11.2. The number of benzene rings is 1. The van der Waals surface area contributed by atoms with E-state index < -0.39 is 23.1 Å². The maximum atomic E-state index is 12.9. The number of halogens is 3. The zero-order valence-corrected chi connectivity index (χ0v) is 11.2. The van der Waals surface area contributed by atoms with Gasteiger partial charge in [0.15, 0.2) is 0 Å². The van der Waals surface area contributed by atoms with Crippen LogP contribution in [0.1, 0.15) is 26.3 Å². The van der Waals surface area contributed by atoms with Crippen molar-refractivity contribution in [3.63, 3.8) is 0 Å². The SMILES string of the molecule is COc1ccc(NC(=O)C(C)(C)C)c(C(F)(F)F)c1. The van der Waals surface area contributed by atoms with E-state index in [1.807, 2.05) is 0 Å². The van der Waals surface area contributed by atoms with Gasteiger partial charge in [-0.15, -0.1) is 0 Å². The number of nitrogens with one attached hydrogen (secondary N) is 1. The average Bonchev–Trinajstić information content (AvgIpc) is 2.26. The Balaban J connectivity index is 3.18. The monoisotopic (exact) mass is 275 g/mol. The number of methoxy groups -OCH3 is 1. The number of amides is 1. The molecule has 0 aromatic heterocycles. The topological polar surface area (TPSA) is 38.3 Å². The fraction of sp³-hybridized carbons (Fsp3) is 0.462. The molecule has 0 fully saturated rings. The van der Waals surface area contributed by atoms with Gasteiger partial charge in [-0.25, -0.2) is 0 Å². The third kappa shape index (κ3) is 3.87. The number of hydrogen-bond donors (Lipinski definition) is 1. The van der Waals surface area contributed by atoms with Crippen LogP contribution in [0, 0.1) is 5.41 Å². The van der Waals surface area contributed by atoms with Gasteiger partial charge in [0.2, 0.25) is 5.91 Å². The van der Waals surface area contributed by atoms with Crippen LogP contribution < -0.4 is 10.1 Å². The largest absolute Gasteiger partial charge is 0.497 e. The second kappa shape index (κ2) is 5.11. The lowest BCUT2D eigenvalue weighted by Gasteiger charge is -2.20. The molecule has 1 rings (SSSR count). The smallest absolute Gasteiger partial charge is 0.418 e. The van der Waals surface area contributed by atoms with Crippen molar-refractivity contribution in [3.8, 4) is 5.75 Å². The van der Waals surface area contributed by atoms with E-state index >= 15 is 0 Å². The Kier molecular flexibility index (Phi) is 4.12. The van der Waals surface area contributed by atoms with Gasteiger partial charge in [0.05, 0.1) is 18.4 Å². The van der Waals surface area contributed by atoms with E-state index in [1.165, 1.54) is 19.2 Å². The fourth-order valence-electron chi connectivity index (χ4n) is 1.30. The molecule has 0 aliphatic heterocycles. The second-order valence-electron chi connectivity index (χ2n) is 5.11. The summed E-state index contributed by atoms with van der Waals surface area (Å²) < 4.78 is 43.5. The average molecular weight is 275 g/mol. The van der Waals surface area contributed by atoms with Crippen molar-refractivity contribution in [1.82, 2.24) is 0 Å². The molecular weight excluding hydrogens is 259 g/mol. The Hall–Kier alpha value is -1.72. The molecule has 0 aliphatic carbocycles. The first-order valence-corrected chi connectivity index (χ1v) is 5.62. The summed E-state index contributed by atoms with van der Waals surface area (Å²) in [4.78, 5) is 11.8. The van der Waals surface area contributed by atoms with E-state index in [9.17, 15) is 18.0 Å². The number of alkyl halides is 3. The number of carbonyl (C=O) groups is 1. The lowest BCUT2D eigenvalue weighted by Crippen LogP contribution is -2.28. The van der Waals surface area contributed by atoms with Gasteiger partial charge in [-0.1, -0.05) is 20.8 Å². The minimum Gasteiger partial charge on any atom is -0.497 e. The minimum atomic E-state index is -4.56. The first kappa shape index (κ1) is 15.3. The highest BCUT2D eigenvalue weighted by Gasteiger charge is 2.35. The molecule has 0 bridgehead atoms. The van der Waals surface area contributed by atoms with Gasteiger partial charge in [-0.2, -0.15) is 13.2 Å². The third-order valence-corrected chi connectivity index (χ3v) is 2.46. The predicted molar refractivity (Wildman–Crippen MR) is 66.1 cm³/mol. The van der Waals surface area contributed by atoms with Gasteiger partial charge in [-0.05, 0) is 18.2 Å². The van der Waals surface area contributed by atoms with Crippen molar-refractivity contribution in [2.75, 3.05) is 12.4 Å². The van der Waals surface area contributed by atoms with Gasteiger partial charge in [0.25, 0.3) is 0 Å². The summed E-state index contributed by atoms with van der Waals surface area (Å²) >= 11 is 0. The van der Waals surface area contributed by atoms with Gasteiger partial charge in [0, 0.05) is 5.41 Å². The molecule has 0 unspecified atom stereocenters. The van der Waals surface area contributed by atoms with Crippen LogP contribution in [-0.2, 0) is 11.0 Å². The molecule has 0 radical (unpaired) electrons. The van der Waals surface area contributed by atoms with Crippen molar-refractivity contribution in [2.45, 2.75) is 26.9 Å². The molecule has 1 aromatic rings. The quantitative estimate of drug-likeness (QED) is 0.893. The molecule has 0 atom stereocenters. The molecule has 19 heavy (non-hydrogen) atoms. The van der Waals surface area contributed by atoms with Crippen LogP contribution >= 0.6 is 0 Å². The third-order valence-electron chi connectivity index (χ3n) is 2.46. The van der Waals surface area contributed by atoms with Crippen LogP contribution in [0.5, 0.6) is 5.75 Å².